The summed E-state index contributed by atoms with van der Waals surface area (Å²) in [7, 11) is 0. The van der Waals surface area contributed by atoms with Gasteiger partial charge in [0.1, 0.15) is 5.75 Å². The average molecular weight is 341 g/mol. The molecule has 1 unspecified atom stereocenters. The van der Waals surface area contributed by atoms with Crippen molar-refractivity contribution in [2.45, 2.75) is 46.1 Å². The monoisotopic (exact) mass is 341 g/mol. The number of nitrogens with one attached hydrogen (secondary N) is 1. The molecule has 0 heterocycles. The van der Waals surface area contributed by atoms with E-state index in [1.807, 2.05) is 44.2 Å². The van der Waals surface area contributed by atoms with Crippen molar-refractivity contribution in [1.82, 2.24) is 0 Å². The number of anilines is 1. The van der Waals surface area contributed by atoms with Crippen LogP contribution in [0.2, 0.25) is 0 Å². The Morgan fingerprint density at radius 2 is 1.92 bits per heavy atom. The van der Waals surface area contributed by atoms with E-state index in [9.17, 15) is 9.90 Å². The zero-order valence-electron chi connectivity index (χ0n) is 15.2. The van der Waals surface area contributed by atoms with Gasteiger partial charge in [0.25, 0.3) is 0 Å². The summed E-state index contributed by atoms with van der Waals surface area (Å²) >= 11 is 0. The van der Waals surface area contributed by atoms with E-state index in [-0.39, 0.29) is 5.91 Å². The second kappa shape index (κ2) is 9.23. The molecule has 0 aliphatic carbocycles. The highest BCUT2D eigenvalue weighted by atomic mass is 16.5. The van der Waals surface area contributed by atoms with Gasteiger partial charge in [-0.05, 0) is 56.9 Å². The zero-order valence-corrected chi connectivity index (χ0v) is 15.2. The van der Waals surface area contributed by atoms with E-state index in [4.69, 9.17) is 4.74 Å². The largest absolute Gasteiger partial charge is 0.493 e. The molecule has 0 bridgehead atoms. The molecule has 25 heavy (non-hydrogen) atoms. The first-order valence-corrected chi connectivity index (χ1v) is 8.74. The van der Waals surface area contributed by atoms with Crippen LogP contribution in [0.4, 0.5) is 5.69 Å². The lowest BCUT2D eigenvalue weighted by Crippen LogP contribution is -2.13. The number of ether oxygens (including phenoxy) is 1. The normalized spacial score (nSPS) is 11.8. The van der Waals surface area contributed by atoms with E-state index < -0.39 is 6.10 Å². The zero-order chi connectivity index (χ0) is 18.2. The number of hydrogen-bond donors (Lipinski definition) is 2. The number of aryl methyl sites for hydroxylation is 2. The first-order valence-electron chi connectivity index (χ1n) is 8.74. The van der Waals surface area contributed by atoms with Gasteiger partial charge in [0.05, 0.1) is 12.7 Å². The maximum atomic E-state index is 12.1. The van der Waals surface area contributed by atoms with Crippen LogP contribution in [0.1, 0.15) is 49.0 Å². The number of carbonyl (C=O) groups excluding carboxylic acids is 1. The summed E-state index contributed by atoms with van der Waals surface area (Å²) < 4.78 is 5.80. The Kier molecular flexibility index (Phi) is 7.02. The minimum absolute atomic E-state index is 0.0418. The van der Waals surface area contributed by atoms with Crippen LogP contribution < -0.4 is 10.1 Å². The van der Waals surface area contributed by atoms with Crippen molar-refractivity contribution in [2.75, 3.05) is 11.9 Å². The van der Waals surface area contributed by atoms with Crippen LogP contribution in [0.3, 0.4) is 0 Å². The lowest BCUT2D eigenvalue weighted by molar-refractivity contribution is -0.116. The molecule has 0 radical (unpaired) electrons. The molecule has 0 aliphatic rings. The Hall–Kier alpha value is -2.33. The van der Waals surface area contributed by atoms with E-state index in [0.717, 1.165) is 29.7 Å². The molecule has 0 fully saturated rings. The molecule has 4 heteroatoms. The van der Waals surface area contributed by atoms with Crippen LogP contribution in [0.15, 0.2) is 42.5 Å². The number of unbranched alkanes of at least 4 members (excludes halogenated alkanes) is 1. The molecule has 2 rings (SSSR count). The number of benzene rings is 2. The third kappa shape index (κ3) is 5.91. The highest BCUT2D eigenvalue weighted by molar-refractivity contribution is 5.91. The first-order chi connectivity index (χ1) is 12.0. The van der Waals surface area contributed by atoms with Crippen LogP contribution in [0.25, 0.3) is 0 Å². The van der Waals surface area contributed by atoms with Gasteiger partial charge < -0.3 is 15.2 Å². The van der Waals surface area contributed by atoms with E-state index in [2.05, 4.69) is 17.4 Å². The van der Waals surface area contributed by atoms with Crippen molar-refractivity contribution < 1.29 is 14.6 Å². The topological polar surface area (TPSA) is 58.6 Å². The van der Waals surface area contributed by atoms with E-state index in [1.54, 1.807) is 6.92 Å². The molecule has 0 spiro atoms. The maximum absolute atomic E-state index is 12.1. The van der Waals surface area contributed by atoms with Gasteiger partial charge in [-0.25, -0.2) is 0 Å². The summed E-state index contributed by atoms with van der Waals surface area (Å²) in [5, 5.41) is 12.6. The summed E-state index contributed by atoms with van der Waals surface area (Å²) in [6, 6.07) is 13.5. The second-order valence-corrected chi connectivity index (χ2v) is 6.39. The lowest BCUT2D eigenvalue weighted by atomic mass is 10.1. The number of aliphatic hydroxyl groups is 1. The van der Waals surface area contributed by atoms with Gasteiger partial charge in [0, 0.05) is 17.7 Å². The van der Waals surface area contributed by atoms with E-state index in [1.165, 1.54) is 5.56 Å². The van der Waals surface area contributed by atoms with Gasteiger partial charge >= 0.3 is 0 Å². The average Bonchev–Trinajstić information content (AvgIpc) is 2.58. The summed E-state index contributed by atoms with van der Waals surface area (Å²) in [6.07, 6.45) is 1.40. The molecule has 1 atom stereocenters. The first kappa shape index (κ1) is 19.0. The van der Waals surface area contributed by atoms with E-state index in [0.29, 0.717) is 18.7 Å². The van der Waals surface area contributed by atoms with Crippen LogP contribution >= 0.6 is 0 Å². The second-order valence-electron chi connectivity index (χ2n) is 6.39. The highest BCUT2D eigenvalue weighted by Gasteiger charge is 2.10. The molecule has 0 aromatic heterocycles. The van der Waals surface area contributed by atoms with Gasteiger partial charge in [-0.3, -0.25) is 4.79 Å². The van der Waals surface area contributed by atoms with Gasteiger partial charge in [-0.1, -0.05) is 30.3 Å². The molecule has 2 aromatic carbocycles. The molecule has 0 aliphatic heterocycles. The minimum atomic E-state index is -0.609. The van der Waals surface area contributed by atoms with Crippen molar-refractivity contribution in [2.24, 2.45) is 0 Å². The summed E-state index contributed by atoms with van der Waals surface area (Å²) in [4.78, 5) is 12.1. The maximum Gasteiger partial charge on any atom is 0.224 e. The van der Waals surface area contributed by atoms with Gasteiger partial charge in [0.2, 0.25) is 5.91 Å². The quantitative estimate of drug-likeness (QED) is 0.693. The fourth-order valence-electron chi connectivity index (χ4n) is 2.62. The molecular weight excluding hydrogens is 314 g/mol. The van der Waals surface area contributed by atoms with Gasteiger partial charge in [-0.15, -0.1) is 0 Å². The summed E-state index contributed by atoms with van der Waals surface area (Å²) in [5.74, 6) is 0.871. The number of aliphatic hydroxyl groups excluding tert-OH is 1. The van der Waals surface area contributed by atoms with Crippen LogP contribution in [-0.4, -0.2) is 17.6 Å². The van der Waals surface area contributed by atoms with Crippen molar-refractivity contribution >= 4 is 11.6 Å². The number of amides is 1. The predicted molar refractivity (Wildman–Crippen MR) is 101 cm³/mol. The lowest BCUT2D eigenvalue weighted by Gasteiger charge is -2.13. The fraction of sp³-hybridized carbons (Fsp3) is 0.381. The smallest absolute Gasteiger partial charge is 0.224 e. The van der Waals surface area contributed by atoms with Crippen LogP contribution in [-0.2, 0) is 4.79 Å². The fourth-order valence-corrected chi connectivity index (χ4v) is 2.62. The van der Waals surface area contributed by atoms with Crippen molar-refractivity contribution in [1.29, 1.82) is 0 Å². The number of para-hydroxylation sites is 1. The molecule has 4 nitrogen and oxygen atoms in total. The van der Waals surface area contributed by atoms with E-state index >= 15 is 0 Å². The standard InChI is InChI=1S/C21H27NO3/c1-15-11-12-16(2)20(14-15)25-13-7-6-10-21(24)22-19-9-5-4-8-18(19)17(3)23/h4-5,8-9,11-12,14,17,23H,6-7,10,13H2,1-3H3,(H,22,24). The Morgan fingerprint density at radius 1 is 1.16 bits per heavy atom. The third-order valence-corrected chi connectivity index (χ3v) is 4.08. The number of carbonyl (C=O) groups is 1. The molecule has 134 valence electrons. The van der Waals surface area contributed by atoms with Crippen molar-refractivity contribution in [3.05, 3.63) is 59.2 Å². The molecule has 0 saturated heterocycles. The minimum Gasteiger partial charge on any atom is -0.493 e. The number of rotatable bonds is 8. The van der Waals surface area contributed by atoms with Crippen LogP contribution in [0.5, 0.6) is 5.75 Å². The van der Waals surface area contributed by atoms with Crippen LogP contribution in [0, 0.1) is 13.8 Å². The SMILES string of the molecule is Cc1ccc(C)c(OCCCCC(=O)Nc2ccccc2C(C)O)c1. The molecule has 2 N–H and O–H groups in total. The molecule has 0 saturated carbocycles. The Labute approximate surface area is 149 Å². The Morgan fingerprint density at radius 3 is 2.68 bits per heavy atom. The van der Waals surface area contributed by atoms with Gasteiger partial charge in [0.15, 0.2) is 0 Å². The Bertz CT molecular complexity index is 710. The number of hydrogen-bond acceptors (Lipinski definition) is 3. The highest BCUT2D eigenvalue weighted by Crippen LogP contribution is 2.22. The summed E-state index contributed by atoms with van der Waals surface area (Å²) in [5.41, 5.74) is 3.71. The Balaban J connectivity index is 1.73. The summed E-state index contributed by atoms with van der Waals surface area (Å²) in [6.45, 7) is 6.36. The van der Waals surface area contributed by atoms with Crippen molar-refractivity contribution in [3.63, 3.8) is 0 Å². The van der Waals surface area contributed by atoms with Gasteiger partial charge in [-0.2, -0.15) is 0 Å². The molecule has 2 aromatic rings. The molecular formula is C21H27NO3. The third-order valence-electron chi connectivity index (χ3n) is 4.08. The predicted octanol–water partition coefficient (Wildman–Crippen LogP) is 4.54. The molecule has 1 amide bonds. The van der Waals surface area contributed by atoms with Crippen molar-refractivity contribution in [3.8, 4) is 5.75 Å².